The van der Waals surface area contributed by atoms with Crippen molar-refractivity contribution in [1.82, 2.24) is 0 Å². The topological polar surface area (TPSA) is 74.6 Å². The third-order valence-electron chi connectivity index (χ3n) is 5.56. The fraction of sp³-hybridized carbons (Fsp3) is 0.875. The molecule has 4 nitrogen and oxygen atoms in total. The Balaban J connectivity index is 3.56. The molecule has 116 valence electrons. The highest BCUT2D eigenvalue weighted by Crippen LogP contribution is 2.61. The number of hydrogen-bond acceptors (Lipinski definition) is 2. The van der Waals surface area contributed by atoms with Crippen molar-refractivity contribution in [3.8, 4) is 0 Å². The summed E-state index contributed by atoms with van der Waals surface area (Å²) in [5, 5.41) is 19.9. The second-order valence-corrected chi connectivity index (χ2v) is 6.43. The average molecular weight is 284 g/mol. The highest BCUT2D eigenvalue weighted by molar-refractivity contribution is 5.87. The van der Waals surface area contributed by atoms with Gasteiger partial charge in [-0.3, -0.25) is 9.59 Å². The summed E-state index contributed by atoms with van der Waals surface area (Å²) in [4.78, 5) is 24.3. The molecule has 0 saturated heterocycles. The van der Waals surface area contributed by atoms with Crippen LogP contribution in [0, 0.1) is 22.7 Å². The molecule has 1 aliphatic rings. The van der Waals surface area contributed by atoms with Gasteiger partial charge in [-0.25, -0.2) is 0 Å². The molecule has 0 radical (unpaired) electrons. The van der Waals surface area contributed by atoms with Gasteiger partial charge in [-0.05, 0) is 37.5 Å². The molecule has 0 aromatic carbocycles. The molecule has 0 aliphatic heterocycles. The molecule has 0 amide bonds. The van der Waals surface area contributed by atoms with Crippen molar-refractivity contribution >= 4 is 11.9 Å². The van der Waals surface area contributed by atoms with Gasteiger partial charge in [-0.15, -0.1) is 0 Å². The fourth-order valence-corrected chi connectivity index (χ4v) is 4.62. The van der Waals surface area contributed by atoms with Crippen molar-refractivity contribution in [3.63, 3.8) is 0 Å². The van der Waals surface area contributed by atoms with Crippen LogP contribution in [-0.4, -0.2) is 22.2 Å². The molecule has 2 N–H and O–H groups in total. The van der Waals surface area contributed by atoms with Crippen LogP contribution >= 0.6 is 0 Å². The van der Waals surface area contributed by atoms with E-state index in [2.05, 4.69) is 0 Å². The molecule has 1 rings (SSSR count). The SMILES string of the molecule is CCCC1(C(=O)O)C(C)CCC(C)C1(CCC)C(=O)O. The Labute approximate surface area is 121 Å². The van der Waals surface area contributed by atoms with Crippen LogP contribution in [0.1, 0.15) is 66.2 Å². The van der Waals surface area contributed by atoms with Gasteiger partial charge in [0.25, 0.3) is 0 Å². The third-order valence-corrected chi connectivity index (χ3v) is 5.56. The smallest absolute Gasteiger partial charge is 0.311 e. The van der Waals surface area contributed by atoms with E-state index in [0.29, 0.717) is 25.7 Å². The van der Waals surface area contributed by atoms with Crippen LogP contribution in [0.5, 0.6) is 0 Å². The lowest BCUT2D eigenvalue weighted by Gasteiger charge is -2.55. The second-order valence-electron chi connectivity index (χ2n) is 6.43. The van der Waals surface area contributed by atoms with E-state index in [-0.39, 0.29) is 11.8 Å². The molecule has 0 aromatic heterocycles. The Kier molecular flexibility index (Phi) is 5.22. The van der Waals surface area contributed by atoms with Crippen LogP contribution in [0.25, 0.3) is 0 Å². The van der Waals surface area contributed by atoms with Gasteiger partial charge >= 0.3 is 11.9 Å². The van der Waals surface area contributed by atoms with E-state index in [1.54, 1.807) is 0 Å². The summed E-state index contributed by atoms with van der Waals surface area (Å²) >= 11 is 0. The van der Waals surface area contributed by atoms with Crippen molar-refractivity contribution < 1.29 is 19.8 Å². The minimum Gasteiger partial charge on any atom is -0.481 e. The molecule has 0 aromatic rings. The first-order valence-electron chi connectivity index (χ1n) is 7.78. The van der Waals surface area contributed by atoms with Gasteiger partial charge in [0.05, 0.1) is 10.8 Å². The summed E-state index contributed by atoms with van der Waals surface area (Å²) in [5.41, 5.74) is -2.28. The van der Waals surface area contributed by atoms with E-state index >= 15 is 0 Å². The summed E-state index contributed by atoms with van der Waals surface area (Å²) < 4.78 is 0. The second kappa shape index (κ2) is 6.15. The maximum Gasteiger partial charge on any atom is 0.311 e. The molecule has 4 atom stereocenters. The molecule has 20 heavy (non-hydrogen) atoms. The average Bonchev–Trinajstić information content (AvgIpc) is 2.37. The van der Waals surface area contributed by atoms with E-state index in [9.17, 15) is 19.8 Å². The number of carboxylic acids is 2. The first-order chi connectivity index (χ1) is 9.31. The zero-order chi connectivity index (χ0) is 15.6. The predicted octanol–water partition coefficient (Wildman–Crippen LogP) is 3.79. The summed E-state index contributed by atoms with van der Waals surface area (Å²) in [6.45, 7) is 7.72. The highest BCUT2D eigenvalue weighted by Gasteiger charge is 2.66. The third kappa shape index (κ3) is 2.13. The van der Waals surface area contributed by atoms with Gasteiger partial charge in [0.1, 0.15) is 0 Å². The van der Waals surface area contributed by atoms with Gasteiger partial charge in [0.15, 0.2) is 0 Å². The quantitative estimate of drug-likeness (QED) is 0.778. The summed E-state index contributed by atoms with van der Waals surface area (Å²) in [7, 11) is 0. The van der Waals surface area contributed by atoms with Gasteiger partial charge < -0.3 is 10.2 Å². The highest BCUT2D eigenvalue weighted by atomic mass is 16.4. The molecule has 1 fully saturated rings. The normalized spacial score (nSPS) is 37.6. The van der Waals surface area contributed by atoms with Gasteiger partial charge in [0, 0.05) is 0 Å². The van der Waals surface area contributed by atoms with Crippen molar-refractivity contribution in [1.29, 1.82) is 0 Å². The Morgan fingerprint density at radius 2 is 1.20 bits per heavy atom. The molecular weight excluding hydrogens is 256 g/mol. The fourth-order valence-electron chi connectivity index (χ4n) is 4.62. The van der Waals surface area contributed by atoms with Crippen LogP contribution < -0.4 is 0 Å². The van der Waals surface area contributed by atoms with Crippen molar-refractivity contribution in [2.75, 3.05) is 0 Å². The number of aliphatic carboxylic acids is 2. The minimum atomic E-state index is -1.14. The summed E-state index contributed by atoms with van der Waals surface area (Å²) in [5.74, 6) is -2.04. The van der Waals surface area contributed by atoms with E-state index < -0.39 is 22.8 Å². The Morgan fingerprint density at radius 1 is 0.900 bits per heavy atom. The Morgan fingerprint density at radius 3 is 1.40 bits per heavy atom. The molecule has 0 heterocycles. The zero-order valence-corrected chi connectivity index (χ0v) is 13.1. The van der Waals surface area contributed by atoms with E-state index in [1.165, 1.54) is 0 Å². The standard InChI is InChI=1S/C16H28O4/c1-5-9-15(13(17)18)11(3)7-8-12(4)16(15,10-6-2)14(19)20/h11-12H,5-10H2,1-4H3,(H,17,18)(H,19,20). The van der Waals surface area contributed by atoms with E-state index in [0.717, 1.165) is 12.8 Å². The van der Waals surface area contributed by atoms with Gasteiger partial charge in [-0.1, -0.05) is 40.5 Å². The van der Waals surface area contributed by atoms with Crippen LogP contribution in [0.4, 0.5) is 0 Å². The lowest BCUT2D eigenvalue weighted by Crippen LogP contribution is -2.61. The Bertz CT molecular complexity index is 343. The Hall–Kier alpha value is -1.06. The molecule has 1 aliphatic carbocycles. The minimum absolute atomic E-state index is 0.0983. The van der Waals surface area contributed by atoms with Crippen molar-refractivity contribution in [2.24, 2.45) is 22.7 Å². The maximum absolute atomic E-state index is 12.2. The molecule has 1 saturated carbocycles. The molecule has 4 unspecified atom stereocenters. The van der Waals surface area contributed by atoms with Crippen molar-refractivity contribution in [3.05, 3.63) is 0 Å². The molecule has 0 bridgehead atoms. The van der Waals surface area contributed by atoms with E-state index in [1.807, 2.05) is 27.7 Å². The molecule has 0 spiro atoms. The predicted molar refractivity (Wildman–Crippen MR) is 77.5 cm³/mol. The van der Waals surface area contributed by atoms with Crippen molar-refractivity contribution in [2.45, 2.75) is 66.2 Å². The summed E-state index contributed by atoms with van der Waals surface area (Å²) in [6.07, 6.45) is 3.88. The zero-order valence-electron chi connectivity index (χ0n) is 13.1. The first-order valence-corrected chi connectivity index (χ1v) is 7.78. The lowest BCUT2D eigenvalue weighted by molar-refractivity contribution is -0.197. The largest absolute Gasteiger partial charge is 0.481 e. The number of carbonyl (C=O) groups is 2. The molecule has 4 heteroatoms. The molecular formula is C16H28O4. The lowest BCUT2D eigenvalue weighted by atomic mass is 9.45. The van der Waals surface area contributed by atoms with E-state index in [4.69, 9.17) is 0 Å². The van der Waals surface area contributed by atoms with Gasteiger partial charge in [0.2, 0.25) is 0 Å². The number of hydrogen-bond donors (Lipinski definition) is 2. The summed E-state index contributed by atoms with van der Waals surface area (Å²) in [6, 6.07) is 0. The first kappa shape index (κ1) is 17.0. The van der Waals surface area contributed by atoms with Gasteiger partial charge in [-0.2, -0.15) is 0 Å². The number of rotatable bonds is 6. The van der Waals surface area contributed by atoms with Crippen LogP contribution in [0.3, 0.4) is 0 Å². The maximum atomic E-state index is 12.2. The van der Waals surface area contributed by atoms with Crippen LogP contribution in [0.2, 0.25) is 0 Å². The van der Waals surface area contributed by atoms with Crippen LogP contribution in [0.15, 0.2) is 0 Å². The van der Waals surface area contributed by atoms with Crippen LogP contribution in [-0.2, 0) is 9.59 Å². The monoisotopic (exact) mass is 284 g/mol. The number of carboxylic acid groups (broad SMARTS) is 2.